The van der Waals surface area contributed by atoms with Gasteiger partial charge in [0.1, 0.15) is 5.60 Å². The van der Waals surface area contributed by atoms with Gasteiger partial charge in [-0.05, 0) is 59.5 Å². The monoisotopic (exact) mass is 463 g/mol. The molecule has 1 aromatic heterocycles. The number of nitrogens with zero attached hydrogens (tertiary/aromatic N) is 4. The fourth-order valence-corrected chi connectivity index (χ4v) is 4.27. The Hall–Kier alpha value is -2.62. The lowest BCUT2D eigenvalue weighted by Crippen LogP contribution is -2.42. The second-order valence-corrected chi connectivity index (χ2v) is 9.84. The Morgan fingerprint density at radius 2 is 1.76 bits per heavy atom. The number of amides is 2. The standard InChI is InChI=1S/C23H37N5O5/c1-23(2,3)33-22(31)27-13-7-18(8-14-27)28-15-19(24-16-28)25-21(30)17-5-10-26(11-6-17)12-9-20(29)32-4/h15-18H,5-14H2,1-4H3,(H,25,30). The Morgan fingerprint density at radius 3 is 2.36 bits per heavy atom. The Kier molecular flexibility index (Phi) is 8.34. The maximum Gasteiger partial charge on any atom is 0.410 e. The SMILES string of the molecule is COC(=O)CCN1CCC(C(=O)Nc2cn(C3CCN(C(=O)OC(C)(C)C)CC3)cn2)CC1. The summed E-state index contributed by atoms with van der Waals surface area (Å²) in [4.78, 5) is 44.5. The highest BCUT2D eigenvalue weighted by Gasteiger charge is 2.28. The number of carbonyl (C=O) groups excluding carboxylic acids is 3. The molecule has 2 fully saturated rings. The van der Waals surface area contributed by atoms with Crippen LogP contribution in [0.15, 0.2) is 12.5 Å². The number of methoxy groups -OCH3 is 1. The van der Waals surface area contributed by atoms with Crippen molar-refractivity contribution in [1.29, 1.82) is 0 Å². The molecule has 0 spiro atoms. The Balaban J connectivity index is 1.42. The number of ether oxygens (including phenoxy) is 2. The van der Waals surface area contributed by atoms with Gasteiger partial charge in [0, 0.05) is 37.8 Å². The van der Waals surface area contributed by atoms with Crippen molar-refractivity contribution < 1.29 is 23.9 Å². The van der Waals surface area contributed by atoms with Crippen molar-refractivity contribution in [3.63, 3.8) is 0 Å². The van der Waals surface area contributed by atoms with Gasteiger partial charge < -0.3 is 29.2 Å². The molecule has 0 saturated carbocycles. The molecule has 2 aliphatic rings. The van der Waals surface area contributed by atoms with E-state index >= 15 is 0 Å². The molecule has 184 valence electrons. The van der Waals surface area contributed by atoms with Crippen molar-refractivity contribution in [2.75, 3.05) is 45.2 Å². The number of esters is 1. The number of likely N-dealkylation sites (tertiary alicyclic amines) is 2. The number of rotatable bonds is 6. The highest BCUT2D eigenvalue weighted by molar-refractivity contribution is 5.91. The maximum absolute atomic E-state index is 12.7. The number of hydrogen-bond donors (Lipinski definition) is 1. The largest absolute Gasteiger partial charge is 0.469 e. The van der Waals surface area contributed by atoms with Crippen molar-refractivity contribution >= 4 is 23.8 Å². The van der Waals surface area contributed by atoms with Gasteiger partial charge >= 0.3 is 12.1 Å². The molecule has 0 bridgehead atoms. The quantitative estimate of drug-likeness (QED) is 0.647. The Bertz CT molecular complexity index is 817. The van der Waals surface area contributed by atoms with E-state index in [1.54, 1.807) is 11.2 Å². The second kappa shape index (κ2) is 11.0. The molecule has 2 aliphatic heterocycles. The van der Waals surface area contributed by atoms with Crippen LogP contribution < -0.4 is 5.32 Å². The van der Waals surface area contributed by atoms with Crippen LogP contribution in [0.1, 0.15) is 58.9 Å². The van der Waals surface area contributed by atoms with Crippen molar-refractivity contribution in [2.24, 2.45) is 5.92 Å². The normalized spacial score (nSPS) is 18.7. The van der Waals surface area contributed by atoms with E-state index in [1.165, 1.54) is 7.11 Å². The molecule has 3 heterocycles. The van der Waals surface area contributed by atoms with Gasteiger partial charge in [-0.3, -0.25) is 9.59 Å². The molecule has 3 rings (SSSR count). The minimum absolute atomic E-state index is 0.00684. The molecule has 1 N–H and O–H groups in total. The maximum atomic E-state index is 12.7. The van der Waals surface area contributed by atoms with E-state index in [4.69, 9.17) is 4.74 Å². The first kappa shape index (κ1) is 25.0. The van der Waals surface area contributed by atoms with Gasteiger partial charge in [-0.25, -0.2) is 9.78 Å². The number of anilines is 1. The zero-order valence-electron chi connectivity index (χ0n) is 20.2. The molecule has 10 heteroatoms. The first-order chi connectivity index (χ1) is 15.6. The lowest BCUT2D eigenvalue weighted by molar-refractivity contribution is -0.141. The molecule has 33 heavy (non-hydrogen) atoms. The molecule has 0 aromatic carbocycles. The van der Waals surface area contributed by atoms with Gasteiger partial charge in [0.05, 0.1) is 19.9 Å². The molecule has 2 saturated heterocycles. The molecule has 1 aromatic rings. The van der Waals surface area contributed by atoms with Crippen LogP contribution in [0.4, 0.5) is 10.6 Å². The smallest absolute Gasteiger partial charge is 0.410 e. The summed E-state index contributed by atoms with van der Waals surface area (Å²) in [6.45, 7) is 9.12. The number of carbonyl (C=O) groups is 3. The van der Waals surface area contributed by atoms with Gasteiger partial charge in [-0.2, -0.15) is 0 Å². The summed E-state index contributed by atoms with van der Waals surface area (Å²) in [7, 11) is 1.40. The van der Waals surface area contributed by atoms with Gasteiger partial charge in [0.15, 0.2) is 5.82 Å². The molecule has 0 unspecified atom stereocenters. The van der Waals surface area contributed by atoms with Crippen molar-refractivity contribution in [3.05, 3.63) is 12.5 Å². The van der Waals surface area contributed by atoms with Gasteiger partial charge in [-0.15, -0.1) is 0 Å². The summed E-state index contributed by atoms with van der Waals surface area (Å²) in [5.41, 5.74) is -0.495. The summed E-state index contributed by atoms with van der Waals surface area (Å²) in [6.07, 6.45) is 6.88. The third kappa shape index (κ3) is 7.45. The zero-order valence-corrected chi connectivity index (χ0v) is 20.2. The lowest BCUT2D eigenvalue weighted by Gasteiger charge is -2.33. The molecular weight excluding hydrogens is 426 g/mol. The molecule has 0 aliphatic carbocycles. The van der Waals surface area contributed by atoms with Crippen LogP contribution in [-0.2, 0) is 19.1 Å². The van der Waals surface area contributed by atoms with E-state index in [-0.39, 0.29) is 29.9 Å². The fourth-order valence-electron chi connectivity index (χ4n) is 4.27. The fraction of sp³-hybridized carbons (Fsp3) is 0.739. The molecule has 10 nitrogen and oxygen atoms in total. The van der Waals surface area contributed by atoms with Crippen molar-refractivity contribution in [1.82, 2.24) is 19.4 Å². The van der Waals surface area contributed by atoms with Gasteiger partial charge in [-0.1, -0.05) is 0 Å². The van der Waals surface area contributed by atoms with Crippen LogP contribution in [0.3, 0.4) is 0 Å². The van der Waals surface area contributed by atoms with Crippen LogP contribution in [0, 0.1) is 5.92 Å². The van der Waals surface area contributed by atoms with Crippen LogP contribution in [0.2, 0.25) is 0 Å². The van der Waals surface area contributed by atoms with E-state index in [2.05, 4.69) is 19.9 Å². The van der Waals surface area contributed by atoms with Gasteiger partial charge in [0.25, 0.3) is 0 Å². The number of piperidine rings is 2. The third-order valence-corrected chi connectivity index (χ3v) is 6.21. The van der Waals surface area contributed by atoms with E-state index < -0.39 is 5.60 Å². The minimum atomic E-state index is -0.495. The van der Waals surface area contributed by atoms with Crippen molar-refractivity contribution in [3.8, 4) is 0 Å². The summed E-state index contributed by atoms with van der Waals surface area (Å²) in [5.74, 6) is 0.290. The van der Waals surface area contributed by atoms with Crippen LogP contribution in [-0.4, -0.2) is 82.8 Å². The molecule has 2 amide bonds. The molecule has 0 radical (unpaired) electrons. The average Bonchev–Trinajstić information content (AvgIpc) is 3.25. The summed E-state index contributed by atoms with van der Waals surface area (Å²) in [5, 5.41) is 2.95. The summed E-state index contributed by atoms with van der Waals surface area (Å²) < 4.78 is 12.2. The molecule has 0 atom stereocenters. The Morgan fingerprint density at radius 1 is 1.09 bits per heavy atom. The predicted octanol–water partition coefficient (Wildman–Crippen LogP) is 2.67. The van der Waals surface area contributed by atoms with E-state index in [0.717, 1.165) is 38.8 Å². The second-order valence-electron chi connectivity index (χ2n) is 9.84. The van der Waals surface area contributed by atoms with Crippen LogP contribution in [0.25, 0.3) is 0 Å². The highest BCUT2D eigenvalue weighted by atomic mass is 16.6. The van der Waals surface area contributed by atoms with Crippen LogP contribution >= 0.6 is 0 Å². The lowest BCUT2D eigenvalue weighted by atomic mass is 9.96. The first-order valence-electron chi connectivity index (χ1n) is 11.8. The van der Waals surface area contributed by atoms with E-state index in [1.807, 2.05) is 31.5 Å². The number of nitrogens with one attached hydrogen (secondary N) is 1. The van der Waals surface area contributed by atoms with Crippen molar-refractivity contribution in [2.45, 2.75) is 64.5 Å². The Labute approximate surface area is 195 Å². The average molecular weight is 464 g/mol. The zero-order chi connectivity index (χ0) is 24.0. The summed E-state index contributed by atoms with van der Waals surface area (Å²) >= 11 is 0. The number of hydrogen-bond acceptors (Lipinski definition) is 7. The summed E-state index contributed by atoms with van der Waals surface area (Å²) in [6, 6.07) is 0.236. The minimum Gasteiger partial charge on any atom is -0.469 e. The molecular formula is C23H37N5O5. The highest BCUT2D eigenvalue weighted by Crippen LogP contribution is 2.25. The topological polar surface area (TPSA) is 106 Å². The number of imidazole rings is 1. The van der Waals surface area contributed by atoms with E-state index in [9.17, 15) is 14.4 Å². The van der Waals surface area contributed by atoms with E-state index in [0.29, 0.717) is 31.9 Å². The van der Waals surface area contributed by atoms with Crippen LogP contribution in [0.5, 0.6) is 0 Å². The first-order valence-corrected chi connectivity index (χ1v) is 11.8. The van der Waals surface area contributed by atoms with Gasteiger partial charge in [0.2, 0.25) is 5.91 Å². The number of aromatic nitrogens is 2. The predicted molar refractivity (Wildman–Crippen MR) is 123 cm³/mol. The third-order valence-electron chi connectivity index (χ3n) is 6.21.